The van der Waals surface area contributed by atoms with Gasteiger partial charge in [-0.05, 0) is 48.6 Å². The minimum absolute atomic E-state index is 0.0697. The molecule has 0 spiro atoms. The number of nitrogens with zero attached hydrogens (tertiary/aromatic N) is 7. The number of rotatable bonds is 4. The zero-order chi connectivity index (χ0) is 25.7. The van der Waals surface area contributed by atoms with Gasteiger partial charge in [-0.1, -0.05) is 13.8 Å². The van der Waals surface area contributed by atoms with E-state index in [1.54, 1.807) is 29.3 Å². The van der Waals surface area contributed by atoms with Crippen molar-refractivity contribution >= 4 is 17.4 Å². The number of aromatic nitrogens is 5. The second-order valence-electron chi connectivity index (χ2n) is 10.6. The summed E-state index contributed by atoms with van der Waals surface area (Å²) in [5, 5.41) is 4.88. The number of carbonyl (C=O) groups excluding carboxylic acids is 1. The fourth-order valence-corrected chi connectivity index (χ4v) is 5.13. The molecule has 6 rings (SSSR count). The largest absolute Gasteiger partial charge is 0.356 e. The number of hydrogen-bond acceptors (Lipinski definition) is 6. The van der Waals surface area contributed by atoms with Gasteiger partial charge in [0.25, 0.3) is 0 Å². The summed E-state index contributed by atoms with van der Waals surface area (Å²) in [6.45, 7) is 7.03. The van der Waals surface area contributed by atoms with Crippen LogP contribution in [0.4, 0.5) is 10.2 Å². The van der Waals surface area contributed by atoms with Gasteiger partial charge in [0.15, 0.2) is 5.65 Å². The molecule has 190 valence electrons. The van der Waals surface area contributed by atoms with Gasteiger partial charge in [0, 0.05) is 42.7 Å². The van der Waals surface area contributed by atoms with Crippen LogP contribution in [0.25, 0.3) is 16.9 Å². The van der Waals surface area contributed by atoms with Gasteiger partial charge in [-0.3, -0.25) is 9.36 Å². The zero-order valence-corrected chi connectivity index (χ0v) is 20.9. The summed E-state index contributed by atoms with van der Waals surface area (Å²) in [6.07, 6.45) is 5.08. The molecule has 2 aliphatic rings. The van der Waals surface area contributed by atoms with E-state index in [1.807, 2.05) is 10.6 Å². The standard InChI is InChI=1S/C27H28FN7O2/c1-27(2)8-12-32(13-9-27)25-20-15-34(24(36)17-33-11-3-10-29-26(33)37)16-22(20)30-23-14-21(31-35(23)25)18-4-6-19(28)7-5-18/h3-7,10-11,14H,8-9,12-13,15-17H2,1-2H3. The van der Waals surface area contributed by atoms with E-state index in [2.05, 4.69) is 23.7 Å². The molecule has 37 heavy (non-hydrogen) atoms. The van der Waals surface area contributed by atoms with Crippen molar-refractivity contribution in [2.24, 2.45) is 5.41 Å². The molecule has 0 bridgehead atoms. The first-order valence-electron chi connectivity index (χ1n) is 12.5. The molecule has 1 saturated heterocycles. The molecule has 1 amide bonds. The van der Waals surface area contributed by atoms with Crippen LogP contribution >= 0.6 is 0 Å². The van der Waals surface area contributed by atoms with Crippen molar-refractivity contribution < 1.29 is 9.18 Å². The molecule has 2 aliphatic heterocycles. The van der Waals surface area contributed by atoms with E-state index in [0.29, 0.717) is 18.7 Å². The van der Waals surface area contributed by atoms with Crippen LogP contribution in [-0.2, 0) is 24.4 Å². The molecular formula is C27H28FN7O2. The Hall–Kier alpha value is -4.08. The molecule has 1 aromatic carbocycles. The Kier molecular flexibility index (Phi) is 5.54. The molecule has 0 saturated carbocycles. The molecule has 3 aromatic heterocycles. The maximum Gasteiger partial charge on any atom is 0.347 e. The maximum absolute atomic E-state index is 13.5. The van der Waals surface area contributed by atoms with E-state index in [0.717, 1.165) is 54.3 Å². The van der Waals surface area contributed by atoms with Crippen LogP contribution in [-0.4, -0.2) is 48.0 Å². The lowest BCUT2D eigenvalue weighted by molar-refractivity contribution is -0.132. The highest BCUT2D eigenvalue weighted by molar-refractivity contribution is 5.78. The van der Waals surface area contributed by atoms with Crippen LogP contribution in [0, 0.1) is 11.2 Å². The highest BCUT2D eigenvalue weighted by Crippen LogP contribution is 2.37. The molecule has 0 atom stereocenters. The number of hydrogen-bond donors (Lipinski definition) is 0. The highest BCUT2D eigenvalue weighted by atomic mass is 19.1. The Morgan fingerprint density at radius 1 is 1.11 bits per heavy atom. The summed E-state index contributed by atoms with van der Waals surface area (Å²) >= 11 is 0. The molecule has 0 aliphatic carbocycles. The molecule has 9 nitrogen and oxygen atoms in total. The smallest absolute Gasteiger partial charge is 0.347 e. The Bertz CT molecular complexity index is 1550. The van der Waals surface area contributed by atoms with Crippen molar-refractivity contribution in [1.29, 1.82) is 0 Å². The van der Waals surface area contributed by atoms with Crippen LogP contribution in [0.2, 0.25) is 0 Å². The SMILES string of the molecule is CC1(C)CCN(c2c3c(nc4cc(-c5ccc(F)cc5)nn24)CN(C(=O)Cn2cccnc2=O)C3)CC1. The van der Waals surface area contributed by atoms with Crippen molar-refractivity contribution in [2.45, 2.75) is 46.3 Å². The van der Waals surface area contributed by atoms with Crippen LogP contribution in [0.5, 0.6) is 0 Å². The molecular weight excluding hydrogens is 473 g/mol. The van der Waals surface area contributed by atoms with Gasteiger partial charge in [-0.25, -0.2) is 19.2 Å². The van der Waals surface area contributed by atoms with E-state index in [-0.39, 0.29) is 23.7 Å². The summed E-state index contributed by atoms with van der Waals surface area (Å²) in [6, 6.07) is 9.83. The lowest BCUT2D eigenvalue weighted by atomic mass is 9.82. The van der Waals surface area contributed by atoms with Gasteiger partial charge in [-0.2, -0.15) is 9.61 Å². The molecule has 5 heterocycles. The van der Waals surface area contributed by atoms with E-state index in [1.165, 1.54) is 22.9 Å². The first-order chi connectivity index (χ1) is 17.8. The average Bonchev–Trinajstić information content (AvgIpc) is 3.49. The summed E-state index contributed by atoms with van der Waals surface area (Å²) in [5.74, 6) is 0.501. The van der Waals surface area contributed by atoms with Gasteiger partial charge >= 0.3 is 5.69 Å². The van der Waals surface area contributed by atoms with Gasteiger partial charge in [0.1, 0.15) is 18.2 Å². The van der Waals surface area contributed by atoms with E-state index in [9.17, 15) is 14.0 Å². The second-order valence-corrected chi connectivity index (χ2v) is 10.6. The number of halogens is 1. The fourth-order valence-electron chi connectivity index (χ4n) is 5.13. The Morgan fingerprint density at radius 3 is 2.59 bits per heavy atom. The third-order valence-electron chi connectivity index (χ3n) is 7.45. The minimum atomic E-state index is -0.450. The van der Waals surface area contributed by atoms with Crippen molar-refractivity contribution in [1.82, 2.24) is 29.0 Å². The predicted molar refractivity (Wildman–Crippen MR) is 136 cm³/mol. The Balaban J connectivity index is 1.38. The van der Waals surface area contributed by atoms with Gasteiger partial charge in [-0.15, -0.1) is 0 Å². The monoisotopic (exact) mass is 501 g/mol. The van der Waals surface area contributed by atoms with Crippen molar-refractivity contribution in [3.8, 4) is 11.3 Å². The molecule has 0 unspecified atom stereocenters. The van der Waals surface area contributed by atoms with Crippen molar-refractivity contribution in [3.05, 3.63) is 76.4 Å². The molecule has 10 heteroatoms. The molecule has 0 radical (unpaired) electrons. The Morgan fingerprint density at radius 2 is 1.86 bits per heavy atom. The summed E-state index contributed by atoms with van der Waals surface area (Å²) in [7, 11) is 0. The number of fused-ring (bicyclic) bond motifs is 2. The van der Waals surface area contributed by atoms with Gasteiger partial charge in [0.05, 0.1) is 24.5 Å². The van der Waals surface area contributed by atoms with E-state index in [4.69, 9.17) is 10.1 Å². The van der Waals surface area contributed by atoms with Crippen LogP contribution in [0.15, 0.2) is 53.6 Å². The Labute approximate surface area is 213 Å². The van der Waals surface area contributed by atoms with Crippen LogP contribution in [0.3, 0.4) is 0 Å². The number of benzene rings is 1. The maximum atomic E-state index is 13.5. The number of piperidine rings is 1. The fraction of sp³-hybridized carbons (Fsp3) is 0.370. The number of anilines is 1. The third kappa shape index (κ3) is 4.36. The van der Waals surface area contributed by atoms with Gasteiger partial charge < -0.3 is 9.80 Å². The van der Waals surface area contributed by atoms with Crippen molar-refractivity contribution in [2.75, 3.05) is 18.0 Å². The first-order valence-corrected chi connectivity index (χ1v) is 12.5. The minimum Gasteiger partial charge on any atom is -0.356 e. The molecule has 4 aromatic rings. The quantitative estimate of drug-likeness (QED) is 0.427. The third-order valence-corrected chi connectivity index (χ3v) is 7.45. The highest BCUT2D eigenvalue weighted by Gasteiger charge is 2.34. The predicted octanol–water partition coefficient (Wildman–Crippen LogP) is 3.26. The number of carbonyl (C=O) groups is 1. The van der Waals surface area contributed by atoms with Crippen LogP contribution < -0.4 is 10.6 Å². The van der Waals surface area contributed by atoms with Crippen LogP contribution in [0.1, 0.15) is 37.9 Å². The summed E-state index contributed by atoms with van der Waals surface area (Å²) in [5.41, 5.74) is 3.87. The van der Waals surface area contributed by atoms with E-state index >= 15 is 0 Å². The average molecular weight is 502 g/mol. The topological polar surface area (TPSA) is 88.6 Å². The van der Waals surface area contributed by atoms with E-state index < -0.39 is 5.69 Å². The summed E-state index contributed by atoms with van der Waals surface area (Å²) < 4.78 is 16.7. The lowest BCUT2D eigenvalue weighted by Crippen LogP contribution is -2.39. The second kappa shape index (κ2) is 8.79. The summed E-state index contributed by atoms with van der Waals surface area (Å²) in [4.78, 5) is 37.9. The molecule has 0 N–H and O–H groups in total. The zero-order valence-electron chi connectivity index (χ0n) is 20.9. The van der Waals surface area contributed by atoms with Gasteiger partial charge in [0.2, 0.25) is 5.91 Å². The lowest BCUT2D eigenvalue weighted by Gasteiger charge is -2.38. The molecule has 1 fully saturated rings. The first kappa shape index (κ1) is 23.3. The number of amides is 1. The van der Waals surface area contributed by atoms with Crippen molar-refractivity contribution in [3.63, 3.8) is 0 Å². The normalized spacial score (nSPS) is 16.8.